The van der Waals surface area contributed by atoms with Crippen LogP contribution in [0.15, 0.2) is 0 Å². The molecule has 13 heavy (non-hydrogen) atoms. The van der Waals surface area contributed by atoms with Gasteiger partial charge in [0.2, 0.25) is 5.91 Å². The minimum atomic E-state index is -2.87. The molecule has 1 rings (SSSR count). The van der Waals surface area contributed by atoms with E-state index in [2.05, 4.69) is 0 Å². The number of aliphatic hydroxyl groups is 1. The van der Waals surface area contributed by atoms with E-state index < -0.39 is 36.3 Å². The first-order valence-corrected chi connectivity index (χ1v) is 3.41. The molecule has 1 saturated carbocycles. The van der Waals surface area contributed by atoms with Gasteiger partial charge in [-0.3, -0.25) is 4.79 Å². The smallest absolute Gasteiger partial charge is 0.251 e. The highest BCUT2D eigenvalue weighted by Gasteiger charge is 2.59. The van der Waals surface area contributed by atoms with Gasteiger partial charge < -0.3 is 16.6 Å². The van der Waals surface area contributed by atoms with Gasteiger partial charge in [-0.1, -0.05) is 0 Å². The van der Waals surface area contributed by atoms with Gasteiger partial charge in [-0.2, -0.15) is 0 Å². The van der Waals surface area contributed by atoms with Gasteiger partial charge in [0.1, 0.15) is 0 Å². The molecule has 1 amide bonds. The van der Waals surface area contributed by atoms with Crippen molar-refractivity contribution in [2.45, 2.75) is 30.4 Å². The summed E-state index contributed by atoms with van der Waals surface area (Å²) in [5.74, 6) is -3.93. The fourth-order valence-electron chi connectivity index (χ4n) is 1.39. The first-order chi connectivity index (χ1) is 5.27. The van der Waals surface area contributed by atoms with Crippen molar-refractivity contribution in [1.29, 1.82) is 0 Å². The highest BCUT2D eigenvalue weighted by Crippen LogP contribution is 2.45. The summed E-state index contributed by atoms with van der Waals surface area (Å²) >= 11 is 0. The van der Waals surface area contributed by atoms with Gasteiger partial charge >= 0.3 is 0 Å². The Hall–Kier alpha value is -0.460. The Morgan fingerprint density at radius 2 is 1.85 bits per heavy atom. The van der Waals surface area contributed by atoms with Gasteiger partial charge in [0.05, 0.1) is 5.54 Å². The number of hydrogen-bond donors (Lipinski definition) is 3. The number of nitrogens with two attached hydrogens (primary N) is 2. The average Bonchev–Trinajstić information content (AvgIpc) is 1.81. The van der Waals surface area contributed by atoms with E-state index in [1.807, 2.05) is 0 Å². The Labute approximate surface area is 79.7 Å². The van der Waals surface area contributed by atoms with Gasteiger partial charge in [-0.15, -0.1) is 12.4 Å². The third kappa shape index (κ3) is 2.26. The van der Waals surface area contributed by atoms with E-state index in [9.17, 15) is 13.6 Å². The number of hydrogen-bond acceptors (Lipinski definition) is 3. The molecule has 1 unspecified atom stereocenters. The van der Waals surface area contributed by atoms with E-state index >= 15 is 0 Å². The van der Waals surface area contributed by atoms with Crippen molar-refractivity contribution < 1.29 is 18.7 Å². The monoisotopic (exact) mass is 216 g/mol. The van der Waals surface area contributed by atoms with E-state index in [1.54, 1.807) is 0 Å². The number of amides is 1. The van der Waals surface area contributed by atoms with Crippen molar-refractivity contribution >= 4 is 18.3 Å². The Morgan fingerprint density at radius 3 is 2.08 bits per heavy atom. The van der Waals surface area contributed by atoms with E-state index in [0.29, 0.717) is 0 Å². The molecule has 1 fully saturated rings. The van der Waals surface area contributed by atoms with Crippen LogP contribution in [0.25, 0.3) is 0 Å². The summed E-state index contributed by atoms with van der Waals surface area (Å²) in [5, 5.41) is 9.00. The summed E-state index contributed by atoms with van der Waals surface area (Å²) in [4.78, 5) is 10.4. The zero-order valence-corrected chi connectivity index (χ0v) is 7.48. The number of primary amides is 1. The van der Waals surface area contributed by atoms with Crippen LogP contribution in [0.1, 0.15) is 12.8 Å². The molecule has 0 aliphatic heterocycles. The molecule has 1 aliphatic rings. The van der Waals surface area contributed by atoms with Gasteiger partial charge in [0.25, 0.3) is 5.92 Å². The Bertz CT molecular complexity index is 217. The quantitative estimate of drug-likeness (QED) is 0.575. The SMILES string of the molecule is Cl.NC(=O)C(O)C1(N)CC(F)(F)C1. The molecule has 7 heteroatoms. The summed E-state index contributed by atoms with van der Waals surface area (Å²) in [6.07, 6.45) is -3.06. The molecular formula is C6H11ClF2N2O2. The van der Waals surface area contributed by atoms with Crippen molar-refractivity contribution in [3.05, 3.63) is 0 Å². The maximum atomic E-state index is 12.3. The average molecular weight is 217 g/mol. The van der Waals surface area contributed by atoms with Crippen molar-refractivity contribution in [2.24, 2.45) is 11.5 Å². The van der Waals surface area contributed by atoms with Crippen LogP contribution in [0.4, 0.5) is 8.78 Å². The molecular weight excluding hydrogens is 206 g/mol. The summed E-state index contributed by atoms with van der Waals surface area (Å²) in [6, 6.07) is 0. The standard InChI is InChI=1S/C6H10F2N2O2.ClH/c7-6(8)1-5(10,2-6)3(11)4(9)12;/h3,11H,1-2,10H2,(H2,9,12);1H. The second kappa shape index (κ2) is 3.36. The van der Waals surface area contributed by atoms with Gasteiger partial charge in [0.15, 0.2) is 6.10 Å². The van der Waals surface area contributed by atoms with Crippen LogP contribution in [-0.2, 0) is 4.79 Å². The predicted octanol–water partition coefficient (Wildman–Crippen LogP) is -0.619. The van der Waals surface area contributed by atoms with Crippen LogP contribution in [0, 0.1) is 0 Å². The van der Waals surface area contributed by atoms with E-state index in [0.717, 1.165) is 0 Å². The Kier molecular flexibility index (Phi) is 3.24. The number of alkyl halides is 2. The molecule has 1 aliphatic carbocycles. The topological polar surface area (TPSA) is 89.3 Å². The Morgan fingerprint density at radius 1 is 1.46 bits per heavy atom. The molecule has 0 aromatic heterocycles. The van der Waals surface area contributed by atoms with Crippen molar-refractivity contribution in [3.8, 4) is 0 Å². The van der Waals surface area contributed by atoms with E-state index in [4.69, 9.17) is 16.6 Å². The summed E-state index contributed by atoms with van der Waals surface area (Å²) < 4.78 is 24.6. The largest absolute Gasteiger partial charge is 0.381 e. The highest BCUT2D eigenvalue weighted by atomic mass is 35.5. The van der Waals surface area contributed by atoms with Crippen LogP contribution in [0.2, 0.25) is 0 Å². The molecule has 0 heterocycles. The lowest BCUT2D eigenvalue weighted by molar-refractivity contribution is -0.164. The first-order valence-electron chi connectivity index (χ1n) is 3.41. The van der Waals surface area contributed by atoms with E-state index in [-0.39, 0.29) is 12.4 Å². The molecule has 5 N–H and O–H groups in total. The van der Waals surface area contributed by atoms with Crippen LogP contribution in [0.5, 0.6) is 0 Å². The normalized spacial score (nSPS) is 25.2. The van der Waals surface area contributed by atoms with Crippen LogP contribution in [0.3, 0.4) is 0 Å². The predicted molar refractivity (Wildman–Crippen MR) is 43.5 cm³/mol. The molecule has 0 spiro atoms. The molecule has 78 valence electrons. The number of carbonyl (C=O) groups is 1. The lowest BCUT2D eigenvalue weighted by atomic mass is 9.70. The number of rotatable bonds is 2. The maximum absolute atomic E-state index is 12.3. The molecule has 0 bridgehead atoms. The molecule has 0 aromatic rings. The highest BCUT2D eigenvalue weighted by molar-refractivity contribution is 5.85. The second-order valence-corrected chi connectivity index (χ2v) is 3.25. The Balaban J connectivity index is 0.00000144. The molecule has 0 saturated heterocycles. The minimum Gasteiger partial charge on any atom is -0.381 e. The summed E-state index contributed by atoms with van der Waals surface area (Å²) in [6.45, 7) is 0. The van der Waals surface area contributed by atoms with Crippen molar-refractivity contribution in [2.75, 3.05) is 0 Å². The lowest BCUT2D eigenvalue weighted by Gasteiger charge is -2.46. The number of halogens is 3. The van der Waals surface area contributed by atoms with Gasteiger partial charge in [-0.05, 0) is 0 Å². The van der Waals surface area contributed by atoms with Crippen LogP contribution >= 0.6 is 12.4 Å². The zero-order chi connectivity index (χ0) is 9.57. The molecule has 1 atom stereocenters. The molecule has 4 nitrogen and oxygen atoms in total. The fraction of sp³-hybridized carbons (Fsp3) is 0.833. The van der Waals surface area contributed by atoms with Gasteiger partial charge in [-0.25, -0.2) is 8.78 Å². The van der Waals surface area contributed by atoms with Crippen LogP contribution in [-0.4, -0.2) is 28.6 Å². The summed E-state index contributed by atoms with van der Waals surface area (Å²) in [7, 11) is 0. The van der Waals surface area contributed by atoms with Crippen LogP contribution < -0.4 is 11.5 Å². The van der Waals surface area contributed by atoms with E-state index in [1.165, 1.54) is 0 Å². The molecule has 0 radical (unpaired) electrons. The molecule has 0 aromatic carbocycles. The number of carbonyl (C=O) groups excluding carboxylic acids is 1. The summed E-state index contributed by atoms with van der Waals surface area (Å²) in [5.41, 5.74) is 8.47. The van der Waals surface area contributed by atoms with Crippen molar-refractivity contribution in [1.82, 2.24) is 0 Å². The third-order valence-electron chi connectivity index (χ3n) is 1.99. The van der Waals surface area contributed by atoms with Gasteiger partial charge in [0, 0.05) is 12.8 Å². The second-order valence-electron chi connectivity index (χ2n) is 3.25. The lowest BCUT2D eigenvalue weighted by Crippen LogP contribution is -2.67. The first kappa shape index (κ1) is 12.5. The minimum absolute atomic E-state index is 0. The number of aliphatic hydroxyl groups excluding tert-OH is 1. The maximum Gasteiger partial charge on any atom is 0.251 e. The third-order valence-corrected chi connectivity index (χ3v) is 1.99. The fourth-order valence-corrected chi connectivity index (χ4v) is 1.39. The van der Waals surface area contributed by atoms with Crippen molar-refractivity contribution in [3.63, 3.8) is 0 Å². The zero-order valence-electron chi connectivity index (χ0n) is 6.67.